The molecule has 0 heterocycles. The van der Waals surface area contributed by atoms with Gasteiger partial charge in [-0.25, -0.2) is 0 Å². The molecular formula is C11H19NaO7S. The van der Waals surface area contributed by atoms with E-state index in [1.54, 1.807) is 6.92 Å². The van der Waals surface area contributed by atoms with Crippen LogP contribution in [-0.4, -0.2) is 36.3 Å². The maximum Gasteiger partial charge on any atom is 1.00 e. The number of carboxylic acids is 1. The van der Waals surface area contributed by atoms with Gasteiger partial charge in [0.1, 0.15) is 0 Å². The van der Waals surface area contributed by atoms with E-state index < -0.39 is 39.8 Å². The molecule has 2 unspecified atom stereocenters. The molecule has 0 saturated carbocycles. The molecular weight excluding hydrogens is 299 g/mol. The minimum atomic E-state index is -4.83. The second-order valence-corrected chi connectivity index (χ2v) is 5.92. The van der Waals surface area contributed by atoms with Crippen LogP contribution in [0.2, 0.25) is 0 Å². The fourth-order valence-electron chi connectivity index (χ4n) is 1.48. The summed E-state index contributed by atoms with van der Waals surface area (Å²) in [5.74, 6) is -3.02. The van der Waals surface area contributed by atoms with Gasteiger partial charge in [-0.2, -0.15) is 8.42 Å². The Hall–Kier alpha value is -0.150. The van der Waals surface area contributed by atoms with Crippen LogP contribution in [-0.2, 0) is 24.4 Å². The zero-order chi connectivity index (χ0) is 15.1. The van der Waals surface area contributed by atoms with Crippen molar-refractivity contribution in [2.45, 2.75) is 57.3 Å². The normalized spacial score (nSPS) is 13.9. The first-order chi connectivity index (χ1) is 8.68. The molecule has 0 aliphatic rings. The number of aliphatic carboxylic acids is 1. The van der Waals surface area contributed by atoms with Crippen molar-refractivity contribution in [1.82, 2.24) is 0 Å². The number of esters is 1. The number of carbonyl (C=O) groups is 2. The van der Waals surface area contributed by atoms with Gasteiger partial charge in [0.25, 0.3) is 10.1 Å². The van der Waals surface area contributed by atoms with Gasteiger partial charge in [-0.05, 0) is 19.8 Å². The SMILES string of the molecule is CCCCCC(C)OC(=O)C(CC(=O)[O-])S(=O)(=O)O.[Na+]. The molecule has 0 fully saturated rings. The quantitative estimate of drug-likeness (QED) is 0.207. The van der Waals surface area contributed by atoms with Crippen LogP contribution >= 0.6 is 0 Å². The maximum absolute atomic E-state index is 11.5. The van der Waals surface area contributed by atoms with Crippen molar-refractivity contribution in [2.24, 2.45) is 0 Å². The van der Waals surface area contributed by atoms with Crippen LogP contribution in [0.5, 0.6) is 0 Å². The molecule has 0 amide bonds. The van der Waals surface area contributed by atoms with E-state index in [1.165, 1.54) is 0 Å². The Labute approximate surface area is 141 Å². The molecule has 0 aromatic rings. The largest absolute Gasteiger partial charge is 1.00 e. The summed E-state index contributed by atoms with van der Waals surface area (Å²) < 4.78 is 35.4. The molecule has 7 nitrogen and oxygen atoms in total. The average molecular weight is 318 g/mol. The predicted octanol–water partition coefficient (Wildman–Crippen LogP) is -3.10. The minimum Gasteiger partial charge on any atom is -0.550 e. The zero-order valence-corrected chi connectivity index (χ0v) is 14.8. The number of rotatable bonds is 9. The molecule has 0 aliphatic heterocycles. The Morgan fingerprint density at radius 2 is 1.85 bits per heavy atom. The van der Waals surface area contributed by atoms with Gasteiger partial charge in [-0.3, -0.25) is 9.35 Å². The summed E-state index contributed by atoms with van der Waals surface area (Å²) in [5.41, 5.74) is 0. The fraction of sp³-hybridized carbons (Fsp3) is 0.818. The van der Waals surface area contributed by atoms with Gasteiger partial charge in [0.15, 0.2) is 5.25 Å². The smallest absolute Gasteiger partial charge is 0.550 e. The van der Waals surface area contributed by atoms with E-state index in [0.717, 1.165) is 19.3 Å². The summed E-state index contributed by atoms with van der Waals surface area (Å²) in [6.07, 6.45) is 1.62. The molecule has 20 heavy (non-hydrogen) atoms. The summed E-state index contributed by atoms with van der Waals surface area (Å²) in [7, 11) is -4.83. The number of carbonyl (C=O) groups excluding carboxylic acids is 2. The third-order valence-corrected chi connectivity index (χ3v) is 3.58. The van der Waals surface area contributed by atoms with E-state index in [1.807, 2.05) is 6.92 Å². The van der Waals surface area contributed by atoms with Crippen LogP contribution < -0.4 is 34.7 Å². The first-order valence-corrected chi connectivity index (χ1v) is 7.55. The first-order valence-electron chi connectivity index (χ1n) is 6.05. The van der Waals surface area contributed by atoms with Crippen LogP contribution in [0.4, 0.5) is 0 Å². The van der Waals surface area contributed by atoms with Crippen LogP contribution in [0.15, 0.2) is 0 Å². The molecule has 0 aromatic heterocycles. The summed E-state index contributed by atoms with van der Waals surface area (Å²) in [4.78, 5) is 21.9. The Morgan fingerprint density at radius 3 is 2.25 bits per heavy atom. The summed E-state index contributed by atoms with van der Waals surface area (Å²) in [6, 6.07) is 0. The molecule has 0 aliphatic carbocycles. The molecule has 2 atom stereocenters. The van der Waals surface area contributed by atoms with Crippen LogP contribution in [0.3, 0.4) is 0 Å². The summed E-state index contributed by atoms with van der Waals surface area (Å²) in [5, 5.41) is 8.23. The van der Waals surface area contributed by atoms with Crippen molar-refractivity contribution in [3.05, 3.63) is 0 Å². The van der Waals surface area contributed by atoms with E-state index in [0.29, 0.717) is 6.42 Å². The Balaban J connectivity index is 0. The number of ether oxygens (including phenoxy) is 1. The van der Waals surface area contributed by atoms with Crippen LogP contribution in [0.25, 0.3) is 0 Å². The van der Waals surface area contributed by atoms with Crippen molar-refractivity contribution in [3.8, 4) is 0 Å². The average Bonchev–Trinajstić information content (AvgIpc) is 2.24. The van der Waals surface area contributed by atoms with E-state index in [9.17, 15) is 23.1 Å². The first kappa shape index (κ1) is 22.1. The molecule has 0 aromatic carbocycles. The van der Waals surface area contributed by atoms with E-state index >= 15 is 0 Å². The van der Waals surface area contributed by atoms with Crippen molar-refractivity contribution in [1.29, 1.82) is 0 Å². The predicted molar refractivity (Wildman–Crippen MR) is 64.7 cm³/mol. The van der Waals surface area contributed by atoms with Crippen LogP contribution in [0, 0.1) is 0 Å². The Bertz CT molecular complexity index is 407. The zero-order valence-electron chi connectivity index (χ0n) is 12.0. The minimum absolute atomic E-state index is 0. The molecule has 112 valence electrons. The second kappa shape index (κ2) is 10.6. The van der Waals surface area contributed by atoms with Crippen LogP contribution in [0.1, 0.15) is 46.0 Å². The summed E-state index contributed by atoms with van der Waals surface area (Å²) >= 11 is 0. The molecule has 0 spiro atoms. The Morgan fingerprint density at radius 1 is 1.30 bits per heavy atom. The van der Waals surface area contributed by atoms with E-state index in [2.05, 4.69) is 0 Å². The number of unbranched alkanes of at least 4 members (excludes halogenated alkanes) is 2. The van der Waals surface area contributed by atoms with Gasteiger partial charge in [0.2, 0.25) is 0 Å². The third-order valence-electron chi connectivity index (χ3n) is 2.51. The van der Waals surface area contributed by atoms with E-state index in [4.69, 9.17) is 9.29 Å². The second-order valence-electron chi connectivity index (χ2n) is 4.32. The summed E-state index contributed by atoms with van der Waals surface area (Å²) in [6.45, 7) is 3.58. The third kappa shape index (κ3) is 9.71. The number of carboxylic acid groups (broad SMARTS) is 1. The topological polar surface area (TPSA) is 121 Å². The molecule has 0 bridgehead atoms. The standard InChI is InChI=1S/C11H20O7S.Na/c1-3-4-5-6-8(2)18-11(14)9(7-10(12)13)19(15,16)17;/h8-9H,3-7H2,1-2H3,(H,12,13)(H,15,16,17);/q;+1/p-1. The molecule has 0 saturated heterocycles. The van der Waals surface area contributed by atoms with Crippen molar-refractivity contribution < 1.29 is 62.0 Å². The van der Waals surface area contributed by atoms with Gasteiger partial charge in [0.05, 0.1) is 6.10 Å². The number of hydrogen-bond donors (Lipinski definition) is 1. The molecule has 9 heteroatoms. The van der Waals surface area contributed by atoms with Gasteiger partial charge in [-0.1, -0.05) is 19.8 Å². The molecule has 0 rings (SSSR count). The molecule has 1 N–H and O–H groups in total. The fourth-order valence-corrected chi connectivity index (χ4v) is 2.12. The van der Waals surface area contributed by atoms with Gasteiger partial charge >= 0.3 is 35.5 Å². The van der Waals surface area contributed by atoms with Crippen molar-refractivity contribution in [3.63, 3.8) is 0 Å². The van der Waals surface area contributed by atoms with Gasteiger partial charge in [0, 0.05) is 12.4 Å². The monoisotopic (exact) mass is 318 g/mol. The van der Waals surface area contributed by atoms with Crippen molar-refractivity contribution in [2.75, 3.05) is 0 Å². The Kier molecular flexibility index (Phi) is 11.7. The van der Waals surface area contributed by atoms with E-state index in [-0.39, 0.29) is 29.6 Å². The van der Waals surface area contributed by atoms with Gasteiger partial charge in [-0.15, -0.1) is 0 Å². The number of hydrogen-bond acceptors (Lipinski definition) is 6. The van der Waals surface area contributed by atoms with Gasteiger partial charge < -0.3 is 14.6 Å². The molecule has 0 radical (unpaired) electrons. The maximum atomic E-state index is 11.5. The van der Waals surface area contributed by atoms with Crippen molar-refractivity contribution >= 4 is 22.1 Å².